The van der Waals surface area contributed by atoms with Crippen LogP contribution >= 0.6 is 24.0 Å². The number of aliphatic imine (C=N–C) groups is 1. The van der Waals surface area contributed by atoms with Crippen molar-refractivity contribution in [3.63, 3.8) is 0 Å². The van der Waals surface area contributed by atoms with E-state index in [1.165, 1.54) is 5.56 Å². The lowest BCUT2D eigenvalue weighted by molar-refractivity contribution is 0.241. The fraction of sp³-hybridized carbons (Fsp3) is 0.444. The Labute approximate surface area is 166 Å². The zero-order chi connectivity index (χ0) is 16.6. The van der Waals surface area contributed by atoms with E-state index >= 15 is 0 Å². The molecule has 2 N–H and O–H groups in total. The summed E-state index contributed by atoms with van der Waals surface area (Å²) in [6, 6.07) is 10.2. The first-order chi connectivity index (χ1) is 11.8. The molecule has 0 saturated heterocycles. The molecule has 0 fully saturated rings. The number of nitrogens with zero attached hydrogens (tertiary/aromatic N) is 3. The molecule has 2 heterocycles. The SMILES string of the molecule is CCNC(=NCC1Cc2ccccc2O1)NCCCn1cccn1.I. The van der Waals surface area contributed by atoms with Crippen LogP contribution in [0, 0.1) is 0 Å². The van der Waals surface area contributed by atoms with Crippen molar-refractivity contribution in [1.82, 2.24) is 20.4 Å². The minimum absolute atomic E-state index is 0. The van der Waals surface area contributed by atoms with Crippen molar-refractivity contribution in [3.8, 4) is 5.75 Å². The number of hydrogen-bond donors (Lipinski definition) is 2. The third kappa shape index (κ3) is 5.91. The molecule has 0 spiro atoms. The summed E-state index contributed by atoms with van der Waals surface area (Å²) in [6.45, 7) is 5.33. The van der Waals surface area contributed by atoms with Gasteiger partial charge in [0.1, 0.15) is 11.9 Å². The number of fused-ring (bicyclic) bond motifs is 1. The number of para-hydroxylation sites is 1. The molecule has 25 heavy (non-hydrogen) atoms. The number of aryl methyl sites for hydroxylation is 1. The number of benzene rings is 1. The Morgan fingerprint density at radius 3 is 2.96 bits per heavy atom. The van der Waals surface area contributed by atoms with Crippen molar-refractivity contribution in [2.75, 3.05) is 19.6 Å². The molecule has 0 amide bonds. The molecule has 0 aliphatic carbocycles. The number of nitrogens with one attached hydrogen (secondary N) is 2. The fourth-order valence-electron chi connectivity index (χ4n) is 2.77. The van der Waals surface area contributed by atoms with E-state index in [-0.39, 0.29) is 30.1 Å². The number of hydrogen-bond acceptors (Lipinski definition) is 3. The van der Waals surface area contributed by atoms with Gasteiger partial charge in [0, 0.05) is 38.4 Å². The fourth-order valence-corrected chi connectivity index (χ4v) is 2.77. The number of rotatable bonds is 7. The van der Waals surface area contributed by atoms with Crippen LogP contribution in [0.5, 0.6) is 5.75 Å². The van der Waals surface area contributed by atoms with Crippen LogP contribution in [0.1, 0.15) is 18.9 Å². The van der Waals surface area contributed by atoms with Crippen LogP contribution < -0.4 is 15.4 Å². The highest BCUT2D eigenvalue weighted by atomic mass is 127. The van der Waals surface area contributed by atoms with Gasteiger partial charge < -0.3 is 15.4 Å². The number of guanidine groups is 1. The molecule has 0 radical (unpaired) electrons. The Morgan fingerprint density at radius 1 is 1.32 bits per heavy atom. The summed E-state index contributed by atoms with van der Waals surface area (Å²) in [5.41, 5.74) is 1.27. The lowest BCUT2D eigenvalue weighted by Crippen LogP contribution is -2.38. The molecule has 1 atom stereocenters. The standard InChI is InChI=1S/C18H25N5O.HI/c1-2-19-18(20-9-5-11-23-12-6-10-22-23)21-14-16-13-15-7-3-4-8-17(15)24-16;/h3-4,6-8,10,12,16H,2,5,9,11,13-14H2,1H3,(H2,19,20,21);1H. The summed E-state index contributed by atoms with van der Waals surface area (Å²) in [5.74, 6) is 1.84. The molecule has 1 aliphatic rings. The first kappa shape index (κ1) is 19.6. The Bertz CT molecular complexity index is 634. The summed E-state index contributed by atoms with van der Waals surface area (Å²) < 4.78 is 7.88. The van der Waals surface area contributed by atoms with Gasteiger partial charge in [-0.25, -0.2) is 4.99 Å². The van der Waals surface area contributed by atoms with E-state index in [1.807, 2.05) is 29.1 Å². The van der Waals surface area contributed by atoms with E-state index in [2.05, 4.69) is 39.8 Å². The monoisotopic (exact) mass is 455 g/mol. The predicted octanol–water partition coefficient (Wildman–Crippen LogP) is 2.45. The Morgan fingerprint density at radius 2 is 2.20 bits per heavy atom. The van der Waals surface area contributed by atoms with Crippen molar-refractivity contribution in [2.45, 2.75) is 32.4 Å². The van der Waals surface area contributed by atoms with Crippen LogP contribution in [0.15, 0.2) is 47.7 Å². The quantitative estimate of drug-likeness (QED) is 0.292. The summed E-state index contributed by atoms with van der Waals surface area (Å²) in [7, 11) is 0. The molecule has 6 nitrogen and oxygen atoms in total. The zero-order valence-corrected chi connectivity index (χ0v) is 16.8. The van der Waals surface area contributed by atoms with Gasteiger partial charge >= 0.3 is 0 Å². The maximum atomic E-state index is 5.94. The molecule has 1 aromatic carbocycles. The van der Waals surface area contributed by atoms with Gasteiger partial charge in [-0.05, 0) is 31.0 Å². The highest BCUT2D eigenvalue weighted by Crippen LogP contribution is 2.28. The van der Waals surface area contributed by atoms with Crippen LogP contribution in [-0.2, 0) is 13.0 Å². The molecule has 136 valence electrons. The van der Waals surface area contributed by atoms with Gasteiger partial charge in [0.25, 0.3) is 0 Å². The van der Waals surface area contributed by atoms with Gasteiger partial charge in [0.15, 0.2) is 5.96 Å². The maximum absolute atomic E-state index is 5.94. The summed E-state index contributed by atoms with van der Waals surface area (Å²) >= 11 is 0. The van der Waals surface area contributed by atoms with Gasteiger partial charge in [0.05, 0.1) is 6.54 Å². The van der Waals surface area contributed by atoms with Crippen LogP contribution in [0.3, 0.4) is 0 Å². The minimum atomic E-state index is 0. The van der Waals surface area contributed by atoms with Crippen LogP contribution in [0.4, 0.5) is 0 Å². The molecular formula is C18H26IN5O. The topological polar surface area (TPSA) is 63.5 Å². The normalized spacial score (nSPS) is 15.9. The van der Waals surface area contributed by atoms with Gasteiger partial charge in [-0.3, -0.25) is 4.68 Å². The molecule has 1 aliphatic heterocycles. The average molecular weight is 455 g/mol. The summed E-state index contributed by atoms with van der Waals surface area (Å²) in [5, 5.41) is 10.9. The van der Waals surface area contributed by atoms with Crippen LogP contribution in [-0.4, -0.2) is 41.5 Å². The first-order valence-electron chi connectivity index (χ1n) is 8.59. The van der Waals surface area contributed by atoms with E-state index in [1.54, 1.807) is 6.20 Å². The summed E-state index contributed by atoms with van der Waals surface area (Å²) in [6.07, 6.45) is 5.84. The largest absolute Gasteiger partial charge is 0.488 e. The van der Waals surface area contributed by atoms with Gasteiger partial charge in [-0.2, -0.15) is 5.10 Å². The van der Waals surface area contributed by atoms with Gasteiger partial charge in [-0.15, -0.1) is 24.0 Å². The lowest BCUT2D eigenvalue weighted by atomic mass is 10.1. The molecule has 1 aromatic heterocycles. The van der Waals surface area contributed by atoms with Crippen LogP contribution in [0.25, 0.3) is 0 Å². The van der Waals surface area contributed by atoms with Gasteiger partial charge in [0.2, 0.25) is 0 Å². The lowest BCUT2D eigenvalue weighted by Gasteiger charge is -2.13. The average Bonchev–Trinajstić information content (AvgIpc) is 3.25. The summed E-state index contributed by atoms with van der Waals surface area (Å²) in [4.78, 5) is 4.66. The smallest absolute Gasteiger partial charge is 0.191 e. The zero-order valence-electron chi connectivity index (χ0n) is 14.5. The van der Waals surface area contributed by atoms with Crippen molar-refractivity contribution in [1.29, 1.82) is 0 Å². The van der Waals surface area contributed by atoms with Gasteiger partial charge in [-0.1, -0.05) is 18.2 Å². The number of halogens is 1. The van der Waals surface area contributed by atoms with Crippen molar-refractivity contribution < 1.29 is 4.74 Å². The van der Waals surface area contributed by atoms with E-state index in [0.29, 0.717) is 6.54 Å². The molecule has 0 saturated carbocycles. The third-order valence-electron chi connectivity index (χ3n) is 3.93. The molecule has 3 rings (SSSR count). The number of ether oxygens (including phenoxy) is 1. The first-order valence-corrected chi connectivity index (χ1v) is 8.59. The van der Waals surface area contributed by atoms with E-state index in [9.17, 15) is 0 Å². The predicted molar refractivity (Wildman–Crippen MR) is 111 cm³/mol. The van der Waals surface area contributed by atoms with Crippen molar-refractivity contribution in [2.24, 2.45) is 4.99 Å². The second-order valence-corrected chi connectivity index (χ2v) is 5.82. The van der Waals surface area contributed by atoms with Crippen molar-refractivity contribution >= 4 is 29.9 Å². The third-order valence-corrected chi connectivity index (χ3v) is 3.93. The molecular weight excluding hydrogens is 429 g/mol. The molecule has 7 heteroatoms. The maximum Gasteiger partial charge on any atom is 0.191 e. The van der Waals surface area contributed by atoms with E-state index < -0.39 is 0 Å². The highest BCUT2D eigenvalue weighted by Gasteiger charge is 2.21. The highest BCUT2D eigenvalue weighted by molar-refractivity contribution is 14.0. The number of aromatic nitrogens is 2. The second kappa shape index (κ2) is 10.3. The van der Waals surface area contributed by atoms with Crippen molar-refractivity contribution in [3.05, 3.63) is 48.3 Å². The Kier molecular flexibility index (Phi) is 8.03. The molecule has 0 bridgehead atoms. The molecule has 2 aromatic rings. The Hall–Kier alpha value is -1.77. The minimum Gasteiger partial charge on any atom is -0.488 e. The van der Waals surface area contributed by atoms with E-state index in [4.69, 9.17) is 4.74 Å². The van der Waals surface area contributed by atoms with Crippen LogP contribution in [0.2, 0.25) is 0 Å². The van der Waals surface area contributed by atoms with E-state index in [0.717, 1.165) is 44.2 Å². The molecule has 1 unspecified atom stereocenters. The Balaban J connectivity index is 0.00000225. The second-order valence-electron chi connectivity index (χ2n) is 5.82.